The van der Waals surface area contributed by atoms with Crippen LogP contribution in [0.4, 0.5) is 10.1 Å². The number of hydrogen-bond acceptors (Lipinski definition) is 2. The topological polar surface area (TPSA) is 15.3 Å². The highest BCUT2D eigenvalue weighted by atomic mass is 19.1. The molecule has 0 saturated heterocycles. The molecule has 96 valence electrons. The Balaban J connectivity index is 3.03. The molecule has 0 amide bonds. The largest absolute Gasteiger partial charge is 0.371 e. The average molecular weight is 238 g/mol. The molecule has 0 aliphatic carbocycles. The van der Waals surface area contributed by atoms with Crippen LogP contribution in [0.5, 0.6) is 0 Å². The van der Waals surface area contributed by atoms with E-state index in [2.05, 4.69) is 24.1 Å². The third-order valence-electron chi connectivity index (χ3n) is 2.78. The van der Waals surface area contributed by atoms with Gasteiger partial charge in [0.25, 0.3) is 0 Å². The maximum atomic E-state index is 13.8. The number of nitrogens with zero attached hydrogens (tertiary/aromatic N) is 1. The number of halogens is 1. The van der Waals surface area contributed by atoms with Crippen molar-refractivity contribution in [1.82, 2.24) is 5.32 Å². The molecule has 1 N–H and O–H groups in total. The normalized spacial score (nSPS) is 10.6. The van der Waals surface area contributed by atoms with Gasteiger partial charge in [-0.3, -0.25) is 0 Å². The maximum Gasteiger partial charge on any atom is 0.129 e. The Hall–Kier alpha value is -1.09. The Morgan fingerprint density at radius 3 is 2.35 bits per heavy atom. The summed E-state index contributed by atoms with van der Waals surface area (Å²) in [6, 6.07) is 5.34. The van der Waals surface area contributed by atoms with Crippen LogP contribution in [0.2, 0.25) is 0 Å². The van der Waals surface area contributed by atoms with Crippen LogP contribution < -0.4 is 10.2 Å². The smallest absolute Gasteiger partial charge is 0.129 e. The van der Waals surface area contributed by atoms with E-state index in [1.165, 1.54) is 6.07 Å². The summed E-state index contributed by atoms with van der Waals surface area (Å²) >= 11 is 0. The highest BCUT2D eigenvalue weighted by Crippen LogP contribution is 2.23. The van der Waals surface area contributed by atoms with Gasteiger partial charge in [0.1, 0.15) is 5.82 Å². The fourth-order valence-corrected chi connectivity index (χ4v) is 2.09. The fraction of sp³-hybridized carbons (Fsp3) is 0.571. The first-order valence-corrected chi connectivity index (χ1v) is 6.41. The van der Waals surface area contributed by atoms with E-state index in [1.807, 2.05) is 13.1 Å². The van der Waals surface area contributed by atoms with Gasteiger partial charge in [-0.25, -0.2) is 4.39 Å². The van der Waals surface area contributed by atoms with Crippen LogP contribution in [0, 0.1) is 5.82 Å². The van der Waals surface area contributed by atoms with Gasteiger partial charge in [-0.15, -0.1) is 0 Å². The molecule has 1 aromatic carbocycles. The minimum absolute atomic E-state index is 0.117. The Bertz CT molecular complexity index is 333. The second-order valence-electron chi connectivity index (χ2n) is 4.25. The molecule has 0 unspecified atom stereocenters. The van der Waals surface area contributed by atoms with Crippen molar-refractivity contribution >= 4 is 5.69 Å². The van der Waals surface area contributed by atoms with Gasteiger partial charge < -0.3 is 10.2 Å². The summed E-state index contributed by atoms with van der Waals surface area (Å²) in [7, 11) is 1.85. The van der Waals surface area contributed by atoms with E-state index < -0.39 is 0 Å². The Morgan fingerprint density at radius 1 is 1.18 bits per heavy atom. The van der Waals surface area contributed by atoms with Gasteiger partial charge >= 0.3 is 0 Å². The first-order chi connectivity index (χ1) is 8.24. The Kier molecular flexibility index (Phi) is 5.98. The van der Waals surface area contributed by atoms with E-state index in [1.54, 1.807) is 6.07 Å². The zero-order valence-corrected chi connectivity index (χ0v) is 11.1. The summed E-state index contributed by atoms with van der Waals surface area (Å²) in [5.74, 6) is -0.117. The average Bonchev–Trinajstić information content (AvgIpc) is 2.32. The van der Waals surface area contributed by atoms with E-state index in [-0.39, 0.29) is 5.82 Å². The van der Waals surface area contributed by atoms with Crippen molar-refractivity contribution in [2.24, 2.45) is 0 Å². The number of nitrogens with one attached hydrogen (secondary N) is 1. The summed E-state index contributed by atoms with van der Waals surface area (Å²) in [5, 5.41) is 3.04. The first kappa shape index (κ1) is 14.0. The number of benzene rings is 1. The summed E-state index contributed by atoms with van der Waals surface area (Å²) in [5.41, 5.74) is 1.81. The third-order valence-corrected chi connectivity index (χ3v) is 2.78. The van der Waals surface area contributed by atoms with Gasteiger partial charge in [0.05, 0.1) is 0 Å². The van der Waals surface area contributed by atoms with Crippen molar-refractivity contribution < 1.29 is 4.39 Å². The zero-order valence-electron chi connectivity index (χ0n) is 11.1. The predicted octanol–water partition coefficient (Wildman–Crippen LogP) is 3.17. The molecule has 1 aromatic rings. The second-order valence-corrected chi connectivity index (χ2v) is 4.25. The lowest BCUT2D eigenvalue weighted by Crippen LogP contribution is -2.27. The highest BCUT2D eigenvalue weighted by molar-refractivity contribution is 5.54. The molecule has 0 radical (unpaired) electrons. The molecule has 0 aliphatic rings. The maximum absolute atomic E-state index is 13.8. The molecule has 17 heavy (non-hydrogen) atoms. The Labute approximate surface area is 104 Å². The highest BCUT2D eigenvalue weighted by Gasteiger charge is 2.12. The molecular weight excluding hydrogens is 215 g/mol. The molecule has 0 spiro atoms. The molecule has 0 fully saturated rings. The van der Waals surface area contributed by atoms with E-state index in [0.29, 0.717) is 6.54 Å². The lowest BCUT2D eigenvalue weighted by Gasteiger charge is -2.26. The SMILES string of the molecule is CCCN(CCC)c1cccc(F)c1CNC. The van der Waals surface area contributed by atoms with Crippen molar-refractivity contribution in [2.45, 2.75) is 33.2 Å². The minimum Gasteiger partial charge on any atom is -0.371 e. The van der Waals surface area contributed by atoms with E-state index in [4.69, 9.17) is 0 Å². The molecular formula is C14H23FN2. The minimum atomic E-state index is -0.117. The molecule has 0 aromatic heterocycles. The molecule has 0 aliphatic heterocycles. The third kappa shape index (κ3) is 3.70. The summed E-state index contributed by atoms with van der Waals surface area (Å²) in [4.78, 5) is 2.27. The molecule has 0 saturated carbocycles. The molecule has 0 atom stereocenters. The van der Waals surface area contributed by atoms with Gasteiger partial charge in [-0.1, -0.05) is 19.9 Å². The van der Waals surface area contributed by atoms with Crippen LogP contribution in [0.3, 0.4) is 0 Å². The zero-order chi connectivity index (χ0) is 12.7. The van der Waals surface area contributed by atoms with E-state index >= 15 is 0 Å². The summed E-state index contributed by atoms with van der Waals surface area (Å²) in [6.45, 7) is 6.84. The summed E-state index contributed by atoms with van der Waals surface area (Å²) < 4.78 is 13.8. The number of hydrogen-bond donors (Lipinski definition) is 1. The summed E-state index contributed by atoms with van der Waals surface area (Å²) in [6.07, 6.45) is 2.16. The van der Waals surface area contributed by atoms with Gasteiger partial charge in [-0.2, -0.15) is 0 Å². The van der Waals surface area contributed by atoms with Gasteiger partial charge in [0.15, 0.2) is 0 Å². The number of rotatable bonds is 7. The van der Waals surface area contributed by atoms with Gasteiger partial charge in [0, 0.05) is 30.9 Å². The molecule has 2 nitrogen and oxygen atoms in total. The molecule has 0 bridgehead atoms. The Morgan fingerprint density at radius 2 is 1.82 bits per heavy atom. The fourth-order valence-electron chi connectivity index (χ4n) is 2.09. The van der Waals surface area contributed by atoms with Crippen LogP contribution in [0.25, 0.3) is 0 Å². The van der Waals surface area contributed by atoms with Crippen molar-refractivity contribution in [2.75, 3.05) is 25.0 Å². The lowest BCUT2D eigenvalue weighted by molar-refractivity contribution is 0.597. The van der Waals surface area contributed by atoms with Gasteiger partial charge in [-0.05, 0) is 32.0 Å². The molecule has 0 heterocycles. The van der Waals surface area contributed by atoms with Crippen LogP contribution in [-0.4, -0.2) is 20.1 Å². The lowest BCUT2D eigenvalue weighted by atomic mass is 10.1. The van der Waals surface area contributed by atoms with Crippen LogP contribution in [0.1, 0.15) is 32.3 Å². The van der Waals surface area contributed by atoms with Crippen LogP contribution in [0.15, 0.2) is 18.2 Å². The van der Waals surface area contributed by atoms with Crippen LogP contribution >= 0.6 is 0 Å². The van der Waals surface area contributed by atoms with Gasteiger partial charge in [0.2, 0.25) is 0 Å². The molecule has 1 rings (SSSR count). The monoisotopic (exact) mass is 238 g/mol. The van der Waals surface area contributed by atoms with Crippen molar-refractivity contribution in [3.63, 3.8) is 0 Å². The van der Waals surface area contributed by atoms with Crippen molar-refractivity contribution in [3.8, 4) is 0 Å². The quantitative estimate of drug-likeness (QED) is 0.785. The molecule has 3 heteroatoms. The standard InChI is InChI=1S/C14H23FN2/c1-4-9-17(10-5-2)14-8-6-7-13(15)12(14)11-16-3/h6-8,16H,4-5,9-11H2,1-3H3. The second kappa shape index (κ2) is 7.28. The number of anilines is 1. The van der Waals surface area contributed by atoms with Crippen molar-refractivity contribution in [1.29, 1.82) is 0 Å². The first-order valence-electron chi connectivity index (χ1n) is 6.41. The van der Waals surface area contributed by atoms with E-state index in [0.717, 1.165) is 37.2 Å². The van der Waals surface area contributed by atoms with Crippen molar-refractivity contribution in [3.05, 3.63) is 29.6 Å². The van der Waals surface area contributed by atoms with Crippen LogP contribution in [-0.2, 0) is 6.54 Å². The predicted molar refractivity (Wildman–Crippen MR) is 72.0 cm³/mol. The van der Waals surface area contributed by atoms with E-state index in [9.17, 15) is 4.39 Å².